The second-order valence-corrected chi connectivity index (χ2v) is 4.58. The van der Waals surface area contributed by atoms with E-state index in [1.807, 2.05) is 0 Å². The van der Waals surface area contributed by atoms with Gasteiger partial charge in [0.1, 0.15) is 0 Å². The molecule has 0 bridgehead atoms. The number of rotatable bonds is 3. The zero-order chi connectivity index (χ0) is 10.5. The van der Waals surface area contributed by atoms with E-state index in [9.17, 15) is 0 Å². The first-order chi connectivity index (χ1) is 7.40. The predicted octanol–water partition coefficient (Wildman–Crippen LogP) is 2.35. The molecule has 0 saturated carbocycles. The van der Waals surface area contributed by atoms with E-state index in [4.69, 9.17) is 0 Å². The van der Waals surface area contributed by atoms with Crippen molar-refractivity contribution in [1.29, 1.82) is 0 Å². The number of aromatic nitrogens is 2. The molecule has 1 N–H and O–H groups in total. The summed E-state index contributed by atoms with van der Waals surface area (Å²) in [5, 5.41) is 4.14. The predicted molar refractivity (Wildman–Crippen MR) is 64.8 cm³/mol. The average Bonchev–Trinajstić information content (AvgIpc) is 2.53. The summed E-state index contributed by atoms with van der Waals surface area (Å²) in [7, 11) is 0. The number of nitrogens with one attached hydrogen (secondary N) is 1. The quantitative estimate of drug-likeness (QED) is 0.859. The maximum atomic E-state index is 4.49. The van der Waals surface area contributed by atoms with Crippen molar-refractivity contribution in [3.05, 3.63) is 0 Å². The number of nitrogens with zero attached hydrogens (tertiary/aromatic N) is 3. The lowest BCUT2D eigenvalue weighted by atomic mass is 10.2. The Morgan fingerprint density at radius 3 is 2.67 bits per heavy atom. The van der Waals surface area contributed by atoms with Crippen molar-refractivity contribution in [3.8, 4) is 0 Å². The fourth-order valence-corrected chi connectivity index (χ4v) is 2.49. The highest BCUT2D eigenvalue weighted by Gasteiger charge is 2.14. The summed E-state index contributed by atoms with van der Waals surface area (Å²) >= 11 is 1.46. The average molecular weight is 226 g/mol. The monoisotopic (exact) mass is 226 g/mol. The summed E-state index contributed by atoms with van der Waals surface area (Å²) < 4.78 is 4.39. The molecular weight excluding hydrogens is 208 g/mol. The topological polar surface area (TPSA) is 41.1 Å². The highest BCUT2D eigenvalue weighted by Crippen LogP contribution is 2.20. The molecule has 2 rings (SSSR count). The fraction of sp³-hybridized carbons (Fsp3) is 0.800. The van der Waals surface area contributed by atoms with Gasteiger partial charge in [-0.25, -0.2) is 0 Å². The lowest BCUT2D eigenvalue weighted by Gasteiger charge is -2.17. The van der Waals surface area contributed by atoms with Crippen molar-refractivity contribution in [2.75, 3.05) is 29.9 Å². The van der Waals surface area contributed by atoms with Crippen molar-refractivity contribution in [3.63, 3.8) is 0 Å². The van der Waals surface area contributed by atoms with E-state index in [1.54, 1.807) is 0 Å². The minimum atomic E-state index is 0.911. The van der Waals surface area contributed by atoms with Gasteiger partial charge in [0.25, 0.3) is 0 Å². The molecule has 0 radical (unpaired) electrons. The van der Waals surface area contributed by atoms with Gasteiger partial charge in [-0.15, -0.1) is 0 Å². The van der Waals surface area contributed by atoms with Crippen LogP contribution in [0, 0.1) is 0 Å². The largest absolute Gasteiger partial charge is 0.361 e. The van der Waals surface area contributed by atoms with E-state index < -0.39 is 0 Å². The summed E-state index contributed by atoms with van der Waals surface area (Å²) in [4.78, 5) is 6.80. The molecule has 0 atom stereocenters. The minimum absolute atomic E-state index is 0.911. The molecule has 2 heterocycles. The summed E-state index contributed by atoms with van der Waals surface area (Å²) in [6.45, 7) is 5.21. The minimum Gasteiger partial charge on any atom is -0.361 e. The summed E-state index contributed by atoms with van der Waals surface area (Å²) in [6, 6.07) is 0. The Bertz CT molecular complexity index is 291. The van der Waals surface area contributed by atoms with Crippen molar-refractivity contribution < 1.29 is 0 Å². The van der Waals surface area contributed by atoms with Gasteiger partial charge >= 0.3 is 0 Å². The standard InChI is InChI=1S/C10H18N4S/c1-2-11-10-12-9(13-15-10)14-7-5-3-4-6-8-14/h2-8H2,1H3,(H,11,12,13). The van der Waals surface area contributed by atoms with Crippen LogP contribution in [0.15, 0.2) is 0 Å². The molecule has 1 fully saturated rings. The molecule has 0 aliphatic carbocycles. The molecule has 0 unspecified atom stereocenters. The van der Waals surface area contributed by atoms with Gasteiger partial charge in [0.05, 0.1) is 0 Å². The molecule has 0 amide bonds. The van der Waals surface area contributed by atoms with Crippen molar-refractivity contribution in [2.24, 2.45) is 0 Å². The van der Waals surface area contributed by atoms with Crippen LogP contribution in [0.5, 0.6) is 0 Å². The highest BCUT2D eigenvalue weighted by molar-refractivity contribution is 7.09. The van der Waals surface area contributed by atoms with Gasteiger partial charge in [-0.1, -0.05) is 12.8 Å². The molecule has 1 aromatic heterocycles. The first-order valence-electron chi connectivity index (χ1n) is 5.72. The van der Waals surface area contributed by atoms with Crippen LogP contribution in [-0.4, -0.2) is 29.0 Å². The Hall–Kier alpha value is -0.840. The molecule has 4 nitrogen and oxygen atoms in total. The molecule has 15 heavy (non-hydrogen) atoms. The van der Waals surface area contributed by atoms with Crippen molar-refractivity contribution >= 4 is 22.6 Å². The zero-order valence-electron chi connectivity index (χ0n) is 9.20. The third kappa shape index (κ3) is 2.81. The molecule has 1 aliphatic rings. The molecule has 1 saturated heterocycles. The number of anilines is 2. The van der Waals surface area contributed by atoms with Crippen LogP contribution >= 0.6 is 11.5 Å². The SMILES string of the molecule is CCNc1nc(N2CCCCCC2)ns1. The van der Waals surface area contributed by atoms with Gasteiger partial charge in [0.2, 0.25) is 11.1 Å². The molecule has 84 valence electrons. The van der Waals surface area contributed by atoms with E-state index in [-0.39, 0.29) is 0 Å². The normalized spacial score (nSPS) is 17.5. The molecule has 0 spiro atoms. The Kier molecular flexibility index (Phi) is 3.77. The van der Waals surface area contributed by atoms with E-state index >= 15 is 0 Å². The Balaban J connectivity index is 2.00. The maximum Gasteiger partial charge on any atom is 0.239 e. The Morgan fingerprint density at radius 1 is 1.27 bits per heavy atom. The van der Waals surface area contributed by atoms with Gasteiger partial charge in [-0.05, 0) is 19.8 Å². The van der Waals surface area contributed by atoms with Crippen molar-refractivity contribution in [2.45, 2.75) is 32.6 Å². The number of hydrogen-bond donors (Lipinski definition) is 1. The third-order valence-corrected chi connectivity index (χ3v) is 3.30. The third-order valence-electron chi connectivity index (χ3n) is 2.63. The summed E-state index contributed by atoms with van der Waals surface area (Å²) in [6.07, 6.45) is 5.24. The second-order valence-electron chi connectivity index (χ2n) is 3.83. The van der Waals surface area contributed by atoms with Gasteiger partial charge in [0, 0.05) is 31.2 Å². The molecule has 1 aromatic rings. The molecule has 0 aromatic carbocycles. The summed E-state index contributed by atoms with van der Waals surface area (Å²) in [5.41, 5.74) is 0. The maximum absolute atomic E-state index is 4.49. The van der Waals surface area contributed by atoms with Crippen LogP contribution in [0.1, 0.15) is 32.6 Å². The van der Waals surface area contributed by atoms with E-state index in [1.165, 1.54) is 37.2 Å². The summed E-state index contributed by atoms with van der Waals surface area (Å²) in [5.74, 6) is 0.915. The first-order valence-corrected chi connectivity index (χ1v) is 6.50. The van der Waals surface area contributed by atoms with Crippen LogP contribution in [0.4, 0.5) is 11.1 Å². The Labute approximate surface area is 94.9 Å². The van der Waals surface area contributed by atoms with Gasteiger partial charge in [-0.2, -0.15) is 9.36 Å². The van der Waals surface area contributed by atoms with E-state index in [0.29, 0.717) is 0 Å². The smallest absolute Gasteiger partial charge is 0.239 e. The second kappa shape index (κ2) is 5.30. The van der Waals surface area contributed by atoms with E-state index in [0.717, 1.165) is 30.7 Å². The first kappa shape index (κ1) is 10.7. The lowest BCUT2D eigenvalue weighted by molar-refractivity contribution is 0.726. The van der Waals surface area contributed by atoms with Crippen LogP contribution in [0.2, 0.25) is 0 Å². The molecule has 1 aliphatic heterocycles. The number of hydrogen-bond acceptors (Lipinski definition) is 5. The Morgan fingerprint density at radius 2 is 2.00 bits per heavy atom. The van der Waals surface area contributed by atoms with Crippen LogP contribution in [0.25, 0.3) is 0 Å². The van der Waals surface area contributed by atoms with Gasteiger partial charge < -0.3 is 10.2 Å². The molecule has 5 heteroatoms. The van der Waals surface area contributed by atoms with Crippen molar-refractivity contribution in [1.82, 2.24) is 9.36 Å². The van der Waals surface area contributed by atoms with Crippen LogP contribution < -0.4 is 10.2 Å². The zero-order valence-corrected chi connectivity index (χ0v) is 10.0. The lowest BCUT2D eigenvalue weighted by Crippen LogP contribution is -2.24. The highest BCUT2D eigenvalue weighted by atomic mass is 32.1. The molecular formula is C10H18N4S. The van der Waals surface area contributed by atoms with Gasteiger partial charge in [-0.3, -0.25) is 0 Å². The fourth-order valence-electron chi connectivity index (χ4n) is 1.84. The van der Waals surface area contributed by atoms with Crippen LogP contribution in [-0.2, 0) is 0 Å². The van der Waals surface area contributed by atoms with E-state index in [2.05, 4.69) is 26.5 Å². The van der Waals surface area contributed by atoms with Gasteiger partial charge in [0.15, 0.2) is 0 Å². The van der Waals surface area contributed by atoms with Crippen LogP contribution in [0.3, 0.4) is 0 Å².